The highest BCUT2D eigenvalue weighted by Gasteiger charge is 2.37. The third-order valence-electron chi connectivity index (χ3n) is 3.47. The van der Waals surface area contributed by atoms with Crippen LogP contribution in [-0.2, 0) is 4.79 Å². The number of likely N-dealkylation sites (tertiary alicyclic amines) is 1. The Hall–Kier alpha value is -1.65. The summed E-state index contributed by atoms with van der Waals surface area (Å²) in [6.07, 6.45) is 4.03. The number of carbonyl (C=O) groups is 1. The third-order valence-corrected chi connectivity index (χ3v) is 3.47. The molecule has 4 heteroatoms. The number of nitrogens with zero attached hydrogens (tertiary/aromatic N) is 2. The minimum absolute atomic E-state index is 0.0384. The summed E-state index contributed by atoms with van der Waals surface area (Å²) in [4.78, 5) is 15.8. The van der Waals surface area contributed by atoms with Crippen molar-refractivity contribution < 1.29 is 9.90 Å². The number of β-amino-alcohol motifs (C(OH)–C–C–N with tert-alkyl or cyclic N) is 1. The number of carbonyl (C=O) groups excluding carboxylic acids is 1. The van der Waals surface area contributed by atoms with Crippen molar-refractivity contribution in [2.75, 3.05) is 33.7 Å². The lowest BCUT2D eigenvalue weighted by Crippen LogP contribution is -2.43. The van der Waals surface area contributed by atoms with Gasteiger partial charge in [0.2, 0.25) is 5.91 Å². The van der Waals surface area contributed by atoms with Crippen LogP contribution < -0.4 is 0 Å². The second-order valence-electron chi connectivity index (χ2n) is 5.72. The molecule has 0 spiro atoms. The highest BCUT2D eigenvalue weighted by molar-refractivity contribution is 5.92. The van der Waals surface area contributed by atoms with Crippen LogP contribution >= 0.6 is 0 Å². The second-order valence-corrected chi connectivity index (χ2v) is 5.72. The highest BCUT2D eigenvalue weighted by atomic mass is 16.3. The van der Waals surface area contributed by atoms with E-state index < -0.39 is 5.60 Å². The van der Waals surface area contributed by atoms with Crippen LogP contribution in [0.3, 0.4) is 0 Å². The summed E-state index contributed by atoms with van der Waals surface area (Å²) in [7, 11) is 3.86. The van der Waals surface area contributed by atoms with Gasteiger partial charge in [0.25, 0.3) is 0 Å². The van der Waals surface area contributed by atoms with Gasteiger partial charge in [0.15, 0.2) is 0 Å². The molecule has 108 valence electrons. The lowest BCUT2D eigenvalue weighted by atomic mass is 10.0. The standard InChI is InChI=1S/C16H22N2O2/c1-17(2)12-16(20)10-11-18(13-16)15(19)9-8-14-6-4-3-5-7-14/h3-9,20H,10-13H2,1-2H3/b9-8+/t16-/m0/s1. The molecule has 1 heterocycles. The molecule has 20 heavy (non-hydrogen) atoms. The van der Waals surface area contributed by atoms with Crippen LogP contribution in [0.15, 0.2) is 36.4 Å². The van der Waals surface area contributed by atoms with E-state index in [1.807, 2.05) is 55.4 Å². The molecule has 1 aromatic rings. The quantitative estimate of drug-likeness (QED) is 0.840. The summed E-state index contributed by atoms with van der Waals surface area (Å²) < 4.78 is 0. The minimum Gasteiger partial charge on any atom is -0.387 e. The molecule has 1 saturated heterocycles. The number of hydrogen-bond acceptors (Lipinski definition) is 3. The zero-order valence-corrected chi connectivity index (χ0v) is 12.1. The van der Waals surface area contributed by atoms with Crippen LogP contribution in [0.4, 0.5) is 0 Å². The highest BCUT2D eigenvalue weighted by Crippen LogP contribution is 2.22. The van der Waals surface area contributed by atoms with E-state index in [9.17, 15) is 9.90 Å². The van der Waals surface area contributed by atoms with Gasteiger partial charge < -0.3 is 14.9 Å². The van der Waals surface area contributed by atoms with Crippen LogP contribution in [-0.4, -0.2) is 60.1 Å². The van der Waals surface area contributed by atoms with Crippen molar-refractivity contribution in [3.63, 3.8) is 0 Å². The maximum Gasteiger partial charge on any atom is 0.246 e. The Morgan fingerprint density at radius 1 is 1.40 bits per heavy atom. The Kier molecular flexibility index (Phi) is 4.57. The molecule has 4 nitrogen and oxygen atoms in total. The average molecular weight is 274 g/mol. The van der Waals surface area contributed by atoms with Crippen molar-refractivity contribution in [3.8, 4) is 0 Å². The van der Waals surface area contributed by atoms with Gasteiger partial charge in [-0.15, -0.1) is 0 Å². The molecule has 1 aliphatic heterocycles. The van der Waals surface area contributed by atoms with Gasteiger partial charge in [-0.25, -0.2) is 0 Å². The molecule has 2 rings (SSSR count). The Morgan fingerprint density at radius 2 is 2.10 bits per heavy atom. The summed E-state index contributed by atoms with van der Waals surface area (Å²) in [5, 5.41) is 10.4. The van der Waals surface area contributed by atoms with Crippen LogP contribution in [0.5, 0.6) is 0 Å². The summed E-state index contributed by atoms with van der Waals surface area (Å²) in [6, 6.07) is 9.74. The molecule has 0 bridgehead atoms. The summed E-state index contributed by atoms with van der Waals surface area (Å²) in [5.41, 5.74) is 0.225. The molecule has 0 saturated carbocycles. The van der Waals surface area contributed by atoms with Crippen molar-refractivity contribution in [2.45, 2.75) is 12.0 Å². The predicted molar refractivity (Wildman–Crippen MR) is 80.2 cm³/mol. The molecule has 0 aliphatic carbocycles. The van der Waals surface area contributed by atoms with Gasteiger partial charge in [0, 0.05) is 19.2 Å². The molecule has 0 aromatic heterocycles. The number of likely N-dealkylation sites (N-methyl/N-ethyl adjacent to an activating group) is 1. The Bertz CT molecular complexity index is 485. The molecular formula is C16H22N2O2. The lowest BCUT2D eigenvalue weighted by molar-refractivity contribution is -0.126. The monoisotopic (exact) mass is 274 g/mol. The van der Waals surface area contributed by atoms with E-state index in [2.05, 4.69) is 0 Å². The second kappa shape index (κ2) is 6.20. The predicted octanol–water partition coefficient (Wildman–Crippen LogP) is 1.22. The van der Waals surface area contributed by atoms with Gasteiger partial charge in [0.1, 0.15) is 0 Å². The van der Waals surface area contributed by atoms with Crippen molar-refractivity contribution in [2.24, 2.45) is 0 Å². The first-order chi connectivity index (χ1) is 9.48. The van der Waals surface area contributed by atoms with Gasteiger partial charge in [-0.2, -0.15) is 0 Å². The first kappa shape index (κ1) is 14.8. The number of hydrogen-bond donors (Lipinski definition) is 1. The van der Waals surface area contributed by atoms with E-state index in [0.29, 0.717) is 26.1 Å². The molecule has 1 fully saturated rings. The van der Waals surface area contributed by atoms with Crippen LogP contribution in [0.1, 0.15) is 12.0 Å². The Labute approximate surface area is 120 Å². The van der Waals surface area contributed by atoms with Gasteiger partial charge in [-0.1, -0.05) is 30.3 Å². The molecule has 1 aromatic carbocycles. The maximum atomic E-state index is 12.1. The zero-order chi connectivity index (χ0) is 14.6. The van der Waals surface area contributed by atoms with Crippen molar-refractivity contribution in [1.82, 2.24) is 9.80 Å². The van der Waals surface area contributed by atoms with Crippen molar-refractivity contribution in [1.29, 1.82) is 0 Å². The van der Waals surface area contributed by atoms with E-state index in [0.717, 1.165) is 5.56 Å². The molecular weight excluding hydrogens is 252 g/mol. The van der Waals surface area contributed by atoms with E-state index in [-0.39, 0.29) is 5.91 Å². The zero-order valence-electron chi connectivity index (χ0n) is 12.1. The van der Waals surface area contributed by atoms with E-state index in [1.54, 1.807) is 11.0 Å². The average Bonchev–Trinajstić information content (AvgIpc) is 2.78. The van der Waals surface area contributed by atoms with E-state index in [1.165, 1.54) is 0 Å². The van der Waals surface area contributed by atoms with Gasteiger partial charge >= 0.3 is 0 Å². The normalized spacial score (nSPS) is 22.9. The van der Waals surface area contributed by atoms with Crippen LogP contribution in [0.25, 0.3) is 6.08 Å². The topological polar surface area (TPSA) is 43.8 Å². The molecule has 0 unspecified atom stereocenters. The first-order valence-electron chi connectivity index (χ1n) is 6.88. The molecule has 1 aliphatic rings. The summed E-state index contributed by atoms with van der Waals surface area (Å²) in [6.45, 7) is 1.60. The lowest BCUT2D eigenvalue weighted by Gasteiger charge is -2.26. The van der Waals surface area contributed by atoms with Crippen LogP contribution in [0, 0.1) is 0 Å². The van der Waals surface area contributed by atoms with Gasteiger partial charge in [-0.05, 0) is 32.2 Å². The maximum absolute atomic E-state index is 12.1. The fourth-order valence-corrected chi connectivity index (χ4v) is 2.60. The Balaban J connectivity index is 1.93. The molecule has 0 radical (unpaired) electrons. The largest absolute Gasteiger partial charge is 0.387 e. The summed E-state index contributed by atoms with van der Waals surface area (Å²) in [5.74, 6) is -0.0384. The third kappa shape index (κ3) is 3.92. The minimum atomic E-state index is -0.778. The fourth-order valence-electron chi connectivity index (χ4n) is 2.60. The Morgan fingerprint density at radius 3 is 2.75 bits per heavy atom. The van der Waals surface area contributed by atoms with Gasteiger partial charge in [0.05, 0.1) is 12.1 Å². The van der Waals surface area contributed by atoms with Crippen molar-refractivity contribution in [3.05, 3.63) is 42.0 Å². The molecule has 1 amide bonds. The first-order valence-corrected chi connectivity index (χ1v) is 6.88. The summed E-state index contributed by atoms with van der Waals surface area (Å²) >= 11 is 0. The van der Waals surface area contributed by atoms with Crippen molar-refractivity contribution >= 4 is 12.0 Å². The van der Waals surface area contributed by atoms with Gasteiger partial charge in [-0.3, -0.25) is 4.79 Å². The van der Waals surface area contributed by atoms with E-state index >= 15 is 0 Å². The fraction of sp³-hybridized carbons (Fsp3) is 0.438. The molecule has 1 N–H and O–H groups in total. The molecule has 1 atom stereocenters. The number of rotatable bonds is 4. The van der Waals surface area contributed by atoms with E-state index in [4.69, 9.17) is 0 Å². The SMILES string of the molecule is CN(C)C[C@@]1(O)CCN(C(=O)/C=C/c2ccccc2)C1. The van der Waals surface area contributed by atoms with Crippen LogP contribution in [0.2, 0.25) is 0 Å². The smallest absolute Gasteiger partial charge is 0.246 e. The number of amides is 1. The number of benzene rings is 1. The number of aliphatic hydroxyl groups is 1.